The summed E-state index contributed by atoms with van der Waals surface area (Å²) in [6, 6.07) is 21.5. The Balaban J connectivity index is 1.62. The number of rotatable bonds is 4. The van der Waals surface area contributed by atoms with Gasteiger partial charge in [-0.2, -0.15) is 0 Å². The molecule has 5 heteroatoms. The van der Waals surface area contributed by atoms with Crippen molar-refractivity contribution in [1.29, 1.82) is 0 Å². The van der Waals surface area contributed by atoms with E-state index in [2.05, 4.69) is 11.4 Å². The molecule has 1 N–H and O–H groups in total. The van der Waals surface area contributed by atoms with Gasteiger partial charge in [0, 0.05) is 16.9 Å². The average molecular weight is 417 g/mol. The van der Waals surface area contributed by atoms with Crippen LogP contribution in [-0.2, 0) is 4.79 Å². The highest BCUT2D eigenvalue weighted by Crippen LogP contribution is 2.42. The highest BCUT2D eigenvalue weighted by molar-refractivity contribution is 8.00. The van der Waals surface area contributed by atoms with E-state index in [9.17, 15) is 9.59 Å². The molecule has 4 rings (SSSR count). The van der Waals surface area contributed by atoms with E-state index in [1.54, 1.807) is 11.8 Å². The fourth-order valence-electron chi connectivity index (χ4n) is 3.84. The van der Waals surface area contributed by atoms with E-state index < -0.39 is 0 Å². The molecule has 152 valence electrons. The molecule has 1 saturated heterocycles. The maximum Gasteiger partial charge on any atom is 0.255 e. The largest absolute Gasteiger partial charge is 0.322 e. The van der Waals surface area contributed by atoms with Crippen LogP contribution in [0.25, 0.3) is 0 Å². The zero-order valence-corrected chi connectivity index (χ0v) is 18.1. The number of nitrogens with one attached hydrogen (secondary N) is 1. The first-order chi connectivity index (χ1) is 14.4. The van der Waals surface area contributed by atoms with Crippen LogP contribution >= 0.6 is 11.8 Å². The standard InChI is InChI=1S/C25H24N2O2S/c1-16-11-17(2)13-21(12-16)27-23(28)15-30-25(27)19-8-6-9-20(14-19)26-24(29)22-10-5-4-7-18(22)3/h4-14,25H,15H2,1-3H3,(H,26,29). The summed E-state index contributed by atoms with van der Waals surface area (Å²) in [5.41, 5.74) is 6.49. The summed E-state index contributed by atoms with van der Waals surface area (Å²) in [5.74, 6) is 0.410. The lowest BCUT2D eigenvalue weighted by Gasteiger charge is -2.25. The van der Waals surface area contributed by atoms with E-state index in [0.29, 0.717) is 11.3 Å². The lowest BCUT2D eigenvalue weighted by Crippen LogP contribution is -2.28. The number of carbonyl (C=O) groups is 2. The third kappa shape index (κ3) is 4.12. The van der Waals surface area contributed by atoms with Gasteiger partial charge >= 0.3 is 0 Å². The van der Waals surface area contributed by atoms with Gasteiger partial charge in [-0.15, -0.1) is 11.8 Å². The fraction of sp³-hybridized carbons (Fsp3) is 0.200. The summed E-state index contributed by atoms with van der Waals surface area (Å²) in [7, 11) is 0. The van der Waals surface area contributed by atoms with E-state index >= 15 is 0 Å². The lowest BCUT2D eigenvalue weighted by atomic mass is 10.1. The topological polar surface area (TPSA) is 49.4 Å². The predicted octanol–water partition coefficient (Wildman–Crippen LogP) is 5.64. The second-order valence-electron chi connectivity index (χ2n) is 7.67. The van der Waals surface area contributed by atoms with Crippen molar-refractivity contribution in [3.8, 4) is 0 Å². The molecule has 3 aromatic carbocycles. The Hall–Kier alpha value is -3.05. The van der Waals surface area contributed by atoms with E-state index in [0.717, 1.165) is 33.6 Å². The van der Waals surface area contributed by atoms with E-state index in [4.69, 9.17) is 0 Å². The summed E-state index contributed by atoms with van der Waals surface area (Å²) >= 11 is 1.61. The van der Waals surface area contributed by atoms with E-state index in [1.807, 2.05) is 86.3 Å². The molecule has 4 nitrogen and oxygen atoms in total. The number of thioether (sulfide) groups is 1. The van der Waals surface area contributed by atoms with Crippen molar-refractivity contribution in [1.82, 2.24) is 0 Å². The van der Waals surface area contributed by atoms with Crippen LogP contribution in [0.2, 0.25) is 0 Å². The van der Waals surface area contributed by atoms with Crippen molar-refractivity contribution in [2.24, 2.45) is 0 Å². The Labute approximate surface area is 181 Å². The predicted molar refractivity (Wildman–Crippen MR) is 124 cm³/mol. The van der Waals surface area contributed by atoms with Crippen LogP contribution < -0.4 is 10.2 Å². The number of aryl methyl sites for hydroxylation is 3. The second kappa shape index (κ2) is 8.36. The SMILES string of the molecule is Cc1cc(C)cc(N2C(=O)CSC2c2cccc(NC(=O)c3ccccc3C)c2)c1. The molecule has 3 aromatic rings. The van der Waals surface area contributed by atoms with Gasteiger partial charge < -0.3 is 5.32 Å². The summed E-state index contributed by atoms with van der Waals surface area (Å²) in [5, 5.41) is 2.88. The van der Waals surface area contributed by atoms with Gasteiger partial charge in [-0.05, 0) is 73.4 Å². The first kappa shape index (κ1) is 20.2. The molecule has 2 amide bonds. The Morgan fingerprint density at radius 3 is 2.43 bits per heavy atom. The molecule has 0 spiro atoms. The second-order valence-corrected chi connectivity index (χ2v) is 8.74. The van der Waals surface area contributed by atoms with Crippen LogP contribution in [0.3, 0.4) is 0 Å². The van der Waals surface area contributed by atoms with Crippen molar-refractivity contribution in [2.45, 2.75) is 26.1 Å². The van der Waals surface area contributed by atoms with Gasteiger partial charge in [0.15, 0.2) is 0 Å². The highest BCUT2D eigenvalue weighted by Gasteiger charge is 2.34. The van der Waals surface area contributed by atoms with Gasteiger partial charge in [0.2, 0.25) is 5.91 Å². The molecule has 1 heterocycles. The van der Waals surface area contributed by atoms with Crippen LogP contribution in [0, 0.1) is 20.8 Å². The van der Waals surface area contributed by atoms with Crippen molar-refractivity contribution < 1.29 is 9.59 Å². The number of carbonyl (C=O) groups excluding carboxylic acids is 2. The summed E-state index contributed by atoms with van der Waals surface area (Å²) < 4.78 is 0. The monoisotopic (exact) mass is 416 g/mol. The number of anilines is 2. The first-order valence-electron chi connectivity index (χ1n) is 9.91. The first-order valence-corrected chi connectivity index (χ1v) is 11.0. The molecule has 0 saturated carbocycles. The van der Waals surface area contributed by atoms with Crippen molar-refractivity contribution in [3.05, 3.63) is 94.5 Å². The maximum absolute atomic E-state index is 12.7. The molecule has 1 atom stereocenters. The smallest absolute Gasteiger partial charge is 0.255 e. The third-order valence-electron chi connectivity index (χ3n) is 5.17. The van der Waals surface area contributed by atoms with Gasteiger partial charge in [0.25, 0.3) is 5.91 Å². The number of hydrogen-bond acceptors (Lipinski definition) is 3. The van der Waals surface area contributed by atoms with E-state index in [-0.39, 0.29) is 17.2 Å². The number of benzene rings is 3. The zero-order chi connectivity index (χ0) is 21.3. The van der Waals surface area contributed by atoms with Gasteiger partial charge in [-0.25, -0.2) is 0 Å². The normalized spacial score (nSPS) is 16.0. The highest BCUT2D eigenvalue weighted by atomic mass is 32.2. The van der Waals surface area contributed by atoms with Gasteiger partial charge in [-0.1, -0.05) is 36.4 Å². The van der Waals surface area contributed by atoms with E-state index in [1.165, 1.54) is 0 Å². The minimum absolute atomic E-state index is 0.101. The molecular formula is C25H24N2O2S. The zero-order valence-electron chi connectivity index (χ0n) is 17.3. The molecule has 1 aliphatic heterocycles. The Kier molecular flexibility index (Phi) is 5.64. The fourth-order valence-corrected chi connectivity index (χ4v) is 5.00. The van der Waals surface area contributed by atoms with Crippen LogP contribution in [0.4, 0.5) is 11.4 Å². The van der Waals surface area contributed by atoms with Crippen LogP contribution in [0.15, 0.2) is 66.7 Å². The molecular weight excluding hydrogens is 392 g/mol. The molecule has 0 aliphatic carbocycles. The van der Waals surface area contributed by atoms with Crippen LogP contribution in [-0.4, -0.2) is 17.6 Å². The summed E-state index contributed by atoms with van der Waals surface area (Å²) in [6.07, 6.45) is 0. The van der Waals surface area contributed by atoms with Crippen LogP contribution in [0.1, 0.15) is 38.0 Å². The Morgan fingerprint density at radius 2 is 1.70 bits per heavy atom. The molecule has 0 aromatic heterocycles. The Morgan fingerprint density at radius 1 is 0.967 bits per heavy atom. The quantitative estimate of drug-likeness (QED) is 0.598. The summed E-state index contributed by atoms with van der Waals surface area (Å²) in [4.78, 5) is 27.3. The third-order valence-corrected chi connectivity index (χ3v) is 6.38. The Bertz CT molecular complexity index is 1110. The average Bonchev–Trinajstić information content (AvgIpc) is 3.09. The maximum atomic E-state index is 12.7. The molecule has 1 aliphatic rings. The number of hydrogen-bond donors (Lipinski definition) is 1. The van der Waals surface area contributed by atoms with Crippen LogP contribution in [0.5, 0.6) is 0 Å². The minimum Gasteiger partial charge on any atom is -0.322 e. The lowest BCUT2D eigenvalue weighted by molar-refractivity contribution is -0.115. The molecule has 0 bridgehead atoms. The van der Waals surface area contributed by atoms with Gasteiger partial charge in [0.1, 0.15) is 5.37 Å². The molecule has 0 radical (unpaired) electrons. The number of nitrogens with zero attached hydrogens (tertiary/aromatic N) is 1. The van der Waals surface area contributed by atoms with Crippen molar-refractivity contribution >= 4 is 35.0 Å². The molecule has 1 unspecified atom stereocenters. The summed E-state index contributed by atoms with van der Waals surface area (Å²) in [6.45, 7) is 6.01. The van der Waals surface area contributed by atoms with Crippen molar-refractivity contribution in [2.75, 3.05) is 16.0 Å². The minimum atomic E-state index is -0.133. The molecule has 1 fully saturated rings. The van der Waals surface area contributed by atoms with Crippen molar-refractivity contribution in [3.63, 3.8) is 0 Å². The van der Waals surface area contributed by atoms with Gasteiger partial charge in [0.05, 0.1) is 5.75 Å². The van der Waals surface area contributed by atoms with Gasteiger partial charge in [-0.3, -0.25) is 14.5 Å². The number of amides is 2. The molecule has 30 heavy (non-hydrogen) atoms.